The number of sulfonamides is 1. The van der Waals surface area contributed by atoms with E-state index in [0.717, 1.165) is 42.5 Å². The summed E-state index contributed by atoms with van der Waals surface area (Å²) >= 11 is 0. The summed E-state index contributed by atoms with van der Waals surface area (Å²) in [6.45, 7) is 3.27. The molecular weight excluding hydrogens is 468 g/mol. The number of aromatic nitrogens is 2. The number of imidazole rings is 1. The normalized spacial score (nSPS) is 18.4. The number of ether oxygens (including phenoxy) is 2. The Labute approximate surface area is 205 Å². The fourth-order valence-electron chi connectivity index (χ4n) is 4.34. The maximum absolute atomic E-state index is 12.9. The highest BCUT2D eigenvalue weighted by Gasteiger charge is 2.27. The Kier molecular flexibility index (Phi) is 7.20. The van der Waals surface area contributed by atoms with Crippen LogP contribution >= 0.6 is 0 Å². The zero-order chi connectivity index (χ0) is 25.2. The summed E-state index contributed by atoms with van der Waals surface area (Å²) in [5.74, 6) is 1.98. The van der Waals surface area contributed by atoms with Gasteiger partial charge in [0.15, 0.2) is 0 Å². The molecule has 0 aliphatic heterocycles. The Morgan fingerprint density at radius 3 is 2.46 bits per heavy atom. The largest absolute Gasteiger partial charge is 0.497 e. The van der Waals surface area contributed by atoms with Crippen LogP contribution in [0, 0.1) is 0 Å². The van der Waals surface area contributed by atoms with Gasteiger partial charge in [-0.15, -0.1) is 0 Å². The van der Waals surface area contributed by atoms with Gasteiger partial charge in [-0.1, -0.05) is 6.42 Å². The number of methoxy groups -OCH3 is 2. The Morgan fingerprint density at radius 2 is 1.80 bits per heavy atom. The Bertz CT molecular complexity index is 1300. The first-order chi connectivity index (χ1) is 16.7. The van der Waals surface area contributed by atoms with E-state index >= 15 is 0 Å². The topological polar surface area (TPSA) is 122 Å². The number of fused-ring (bicyclic) bond motifs is 1. The third-order valence-corrected chi connectivity index (χ3v) is 8.15. The summed E-state index contributed by atoms with van der Waals surface area (Å²) in [7, 11) is -0.318. The van der Waals surface area contributed by atoms with E-state index in [0.29, 0.717) is 22.7 Å². The first kappa shape index (κ1) is 24.8. The van der Waals surface area contributed by atoms with E-state index in [1.807, 2.05) is 6.07 Å². The molecule has 1 heterocycles. The van der Waals surface area contributed by atoms with Crippen LogP contribution in [-0.4, -0.2) is 49.8 Å². The van der Waals surface area contributed by atoms with Crippen LogP contribution in [0.5, 0.6) is 11.5 Å². The molecule has 35 heavy (non-hydrogen) atoms. The zero-order valence-electron chi connectivity index (χ0n) is 20.4. The standard InChI is InChI=1S/C25H32N4O5S/c1-15(2)35(31,32)29-19-8-9-22-23(13-19)28-24(27-22)16-6-5-7-18(10-16)26-25(30)17-11-20(33-3)14-21(12-17)34-4/h8-9,11-16,18,29H,5-7,10H2,1-4H3,(H,26,30)(H,27,28). The van der Waals surface area contributed by atoms with Crippen molar-refractivity contribution in [1.29, 1.82) is 0 Å². The Balaban J connectivity index is 1.47. The molecule has 3 N–H and O–H groups in total. The minimum Gasteiger partial charge on any atom is -0.497 e. The summed E-state index contributed by atoms with van der Waals surface area (Å²) in [6, 6.07) is 10.4. The predicted molar refractivity (Wildman–Crippen MR) is 136 cm³/mol. The number of H-pyrrole nitrogens is 1. The SMILES string of the molecule is COc1cc(OC)cc(C(=O)NC2CCCC(c3nc4ccc(NS(=O)(=O)C(C)C)cc4[nH]3)C2)c1. The molecule has 1 fully saturated rings. The molecule has 4 rings (SSSR count). The van der Waals surface area contributed by atoms with Crippen molar-refractivity contribution in [2.24, 2.45) is 0 Å². The Hall–Kier alpha value is -3.27. The molecule has 2 atom stereocenters. The second-order valence-electron chi connectivity index (χ2n) is 9.19. The maximum Gasteiger partial charge on any atom is 0.251 e. The van der Waals surface area contributed by atoms with E-state index in [1.54, 1.807) is 58.4 Å². The summed E-state index contributed by atoms with van der Waals surface area (Å²) in [5, 5.41) is 2.62. The van der Waals surface area contributed by atoms with E-state index in [2.05, 4.69) is 15.0 Å². The lowest BCUT2D eigenvalue weighted by molar-refractivity contribution is 0.0924. The van der Waals surface area contributed by atoms with Crippen LogP contribution in [0.4, 0.5) is 5.69 Å². The molecule has 10 heteroatoms. The van der Waals surface area contributed by atoms with Crippen LogP contribution in [0.25, 0.3) is 11.0 Å². The number of carbonyl (C=O) groups excluding carboxylic acids is 1. The smallest absolute Gasteiger partial charge is 0.251 e. The van der Waals surface area contributed by atoms with E-state index in [1.165, 1.54) is 0 Å². The third kappa shape index (κ3) is 5.70. The lowest BCUT2D eigenvalue weighted by atomic mass is 9.85. The Morgan fingerprint density at radius 1 is 1.09 bits per heavy atom. The lowest BCUT2D eigenvalue weighted by Gasteiger charge is -2.28. The fourth-order valence-corrected chi connectivity index (χ4v) is 5.04. The van der Waals surface area contributed by atoms with E-state index in [4.69, 9.17) is 14.5 Å². The number of hydrogen-bond acceptors (Lipinski definition) is 6. The van der Waals surface area contributed by atoms with Gasteiger partial charge >= 0.3 is 0 Å². The average molecular weight is 501 g/mol. The van der Waals surface area contributed by atoms with Gasteiger partial charge in [0.2, 0.25) is 10.0 Å². The van der Waals surface area contributed by atoms with Gasteiger partial charge in [0.25, 0.3) is 5.91 Å². The number of carbonyl (C=O) groups is 1. The van der Waals surface area contributed by atoms with Gasteiger partial charge in [-0.2, -0.15) is 0 Å². The van der Waals surface area contributed by atoms with Crippen molar-refractivity contribution in [2.75, 3.05) is 18.9 Å². The van der Waals surface area contributed by atoms with Gasteiger partial charge in [0, 0.05) is 23.6 Å². The molecule has 9 nitrogen and oxygen atoms in total. The number of nitrogens with zero attached hydrogens (tertiary/aromatic N) is 1. The van der Waals surface area contributed by atoms with Crippen molar-refractivity contribution in [2.45, 2.75) is 56.7 Å². The summed E-state index contributed by atoms with van der Waals surface area (Å²) < 4.78 is 37.6. The molecule has 0 radical (unpaired) electrons. The molecule has 3 aromatic rings. The molecule has 2 aromatic carbocycles. The van der Waals surface area contributed by atoms with Gasteiger partial charge in [0.1, 0.15) is 17.3 Å². The van der Waals surface area contributed by atoms with Crippen molar-refractivity contribution in [3.05, 3.63) is 47.8 Å². The fraction of sp³-hybridized carbons (Fsp3) is 0.440. The molecule has 1 amide bonds. The molecule has 188 valence electrons. The molecule has 1 aromatic heterocycles. The van der Waals surface area contributed by atoms with Gasteiger partial charge < -0.3 is 19.8 Å². The van der Waals surface area contributed by atoms with Crippen LogP contribution in [0.15, 0.2) is 36.4 Å². The van der Waals surface area contributed by atoms with Gasteiger partial charge in [-0.25, -0.2) is 13.4 Å². The molecule has 1 aliphatic rings. The quantitative estimate of drug-likeness (QED) is 0.426. The third-order valence-electron chi connectivity index (χ3n) is 6.39. The summed E-state index contributed by atoms with van der Waals surface area (Å²) in [4.78, 5) is 21.0. The van der Waals surface area contributed by atoms with Crippen molar-refractivity contribution >= 4 is 32.7 Å². The van der Waals surface area contributed by atoms with Crippen molar-refractivity contribution in [3.8, 4) is 11.5 Å². The van der Waals surface area contributed by atoms with Crippen molar-refractivity contribution < 1.29 is 22.7 Å². The van der Waals surface area contributed by atoms with Crippen LogP contribution in [-0.2, 0) is 10.0 Å². The first-order valence-corrected chi connectivity index (χ1v) is 13.3. The molecule has 1 saturated carbocycles. The van der Waals surface area contributed by atoms with E-state index in [9.17, 15) is 13.2 Å². The summed E-state index contributed by atoms with van der Waals surface area (Å²) in [5.41, 5.74) is 2.55. The summed E-state index contributed by atoms with van der Waals surface area (Å²) in [6.07, 6.45) is 3.59. The number of nitrogens with one attached hydrogen (secondary N) is 3. The maximum atomic E-state index is 12.9. The number of amides is 1. The minimum absolute atomic E-state index is 0.0140. The van der Waals surface area contributed by atoms with Crippen LogP contribution in [0.1, 0.15) is 61.6 Å². The highest BCUT2D eigenvalue weighted by Crippen LogP contribution is 2.33. The molecule has 0 spiro atoms. The monoisotopic (exact) mass is 500 g/mol. The van der Waals surface area contributed by atoms with Crippen LogP contribution < -0.4 is 19.5 Å². The zero-order valence-corrected chi connectivity index (χ0v) is 21.2. The second-order valence-corrected chi connectivity index (χ2v) is 11.4. The minimum atomic E-state index is -3.42. The lowest BCUT2D eigenvalue weighted by Crippen LogP contribution is -2.38. The highest BCUT2D eigenvalue weighted by molar-refractivity contribution is 7.93. The predicted octanol–water partition coefficient (Wildman–Crippen LogP) is 4.19. The van der Waals surface area contributed by atoms with E-state index in [-0.39, 0.29) is 17.9 Å². The number of rotatable bonds is 8. The first-order valence-electron chi connectivity index (χ1n) is 11.7. The molecule has 0 bridgehead atoms. The average Bonchev–Trinajstić information content (AvgIpc) is 3.27. The van der Waals surface area contributed by atoms with Gasteiger partial charge in [0.05, 0.1) is 36.2 Å². The van der Waals surface area contributed by atoms with Gasteiger partial charge in [-0.05, 0) is 63.4 Å². The molecular formula is C25H32N4O5S. The van der Waals surface area contributed by atoms with Gasteiger partial charge in [-0.3, -0.25) is 9.52 Å². The number of hydrogen-bond donors (Lipinski definition) is 3. The van der Waals surface area contributed by atoms with Crippen LogP contribution in [0.2, 0.25) is 0 Å². The molecule has 0 saturated heterocycles. The number of aromatic amines is 1. The second kappa shape index (κ2) is 10.2. The van der Waals surface area contributed by atoms with E-state index < -0.39 is 15.3 Å². The number of benzene rings is 2. The van der Waals surface area contributed by atoms with Crippen LogP contribution in [0.3, 0.4) is 0 Å². The van der Waals surface area contributed by atoms with Crippen molar-refractivity contribution in [1.82, 2.24) is 15.3 Å². The number of anilines is 1. The highest BCUT2D eigenvalue weighted by atomic mass is 32.2. The van der Waals surface area contributed by atoms with Crippen molar-refractivity contribution in [3.63, 3.8) is 0 Å². The molecule has 2 unspecified atom stereocenters. The molecule has 1 aliphatic carbocycles.